The van der Waals surface area contributed by atoms with Gasteiger partial charge in [-0.1, -0.05) is 48.9 Å². The van der Waals surface area contributed by atoms with Gasteiger partial charge in [-0.2, -0.15) is 20.6 Å². The molecule has 8 nitrogen and oxygen atoms in total. The molecule has 0 aromatic carbocycles. The standard InChI is InChI=1S/4CNS.Cr.H3N.2H2N.H2O/c4*2-1-3;;;;;/h;;;;;1H3;3*1H2/q4*-1;+5;;2*-1;/p+1. The Morgan fingerprint density at radius 2 is 0.588 bits per heavy atom. The Kier molecular flexibility index (Phi) is 1070. The Balaban J connectivity index is -0.00000000653. The summed E-state index contributed by atoms with van der Waals surface area (Å²) in [5.41, 5.74) is 0. The van der Waals surface area contributed by atoms with Gasteiger partial charge >= 0.3 is 17.4 Å². The van der Waals surface area contributed by atoms with Gasteiger partial charge < -0.3 is 45.6 Å². The summed E-state index contributed by atoms with van der Waals surface area (Å²) in [6, 6.07) is 0. The Bertz CT molecular complexity index is 166. The van der Waals surface area contributed by atoms with Crippen LogP contribution in [0.5, 0.6) is 0 Å². The Hall–Kier alpha value is -0.428. The molecule has 0 amide bonds. The molecule has 0 aliphatic carbocycles. The number of rotatable bonds is 0. The van der Waals surface area contributed by atoms with Gasteiger partial charge in [-0.15, -0.1) is 0 Å². The molecule has 0 fully saturated rings. The number of isothiocyanates is 4. The molecule has 17 heavy (non-hydrogen) atoms. The maximum Gasteiger partial charge on any atom is 5.00 e. The van der Waals surface area contributed by atoms with Crippen molar-refractivity contribution in [2.24, 2.45) is 0 Å². The van der Waals surface area contributed by atoms with Gasteiger partial charge in [0.05, 0.1) is 0 Å². The van der Waals surface area contributed by atoms with Gasteiger partial charge in [0.1, 0.15) is 0 Å². The van der Waals surface area contributed by atoms with E-state index < -0.39 is 0 Å². The van der Waals surface area contributed by atoms with Gasteiger partial charge in [0, 0.05) is 0 Å². The zero-order valence-corrected chi connectivity index (χ0v) is 13.0. The van der Waals surface area contributed by atoms with E-state index in [1.54, 1.807) is 0 Å². The van der Waals surface area contributed by atoms with E-state index in [0.29, 0.717) is 0 Å². The van der Waals surface area contributed by atoms with Crippen molar-refractivity contribution < 1.29 is 22.8 Å². The van der Waals surface area contributed by atoms with Crippen molar-refractivity contribution in [3.63, 3.8) is 0 Å². The molecular weight excluding hydrogens is 342 g/mol. The van der Waals surface area contributed by atoms with Crippen LogP contribution in [0.3, 0.4) is 0 Å². The summed E-state index contributed by atoms with van der Waals surface area (Å²) in [4.78, 5) is 0. The third-order valence-corrected chi connectivity index (χ3v) is 0. The first-order valence-electron chi connectivity index (χ1n) is 1.71. The Morgan fingerprint density at radius 3 is 0.588 bits per heavy atom. The second kappa shape index (κ2) is 259. The SMILES string of the molecule is O.[Cr+5].[N-]=C=S.[N-]=C=S.[N-]=C=S.[N-]=C=S.[NH2-].[NH2-].[NH4+]. The molecule has 0 heterocycles. The van der Waals surface area contributed by atoms with E-state index in [-0.39, 0.29) is 41.3 Å². The number of nitrogens with two attached hydrogens (primary N) is 2. The van der Waals surface area contributed by atoms with Crippen LogP contribution in [-0.4, -0.2) is 26.1 Å². The maximum atomic E-state index is 7.13. The molecular formula is C4H10CrN7OS4. The fourth-order valence-electron chi connectivity index (χ4n) is 0. The molecule has 0 unspecified atom stereocenters. The molecule has 0 saturated carbocycles. The van der Waals surface area contributed by atoms with Crippen LogP contribution in [-0.2, 0) is 17.4 Å². The number of thiocarbonyl (C=S) groups is 4. The van der Waals surface area contributed by atoms with Crippen LogP contribution >= 0.6 is 48.9 Å². The van der Waals surface area contributed by atoms with Gasteiger partial charge in [0.25, 0.3) is 0 Å². The van der Waals surface area contributed by atoms with E-state index in [9.17, 15) is 0 Å². The first-order chi connectivity index (χ1) is 5.66. The van der Waals surface area contributed by atoms with Gasteiger partial charge in [-0.05, 0) is 0 Å². The van der Waals surface area contributed by atoms with Crippen LogP contribution in [0.1, 0.15) is 0 Å². The van der Waals surface area contributed by atoms with Crippen LogP contribution < -0.4 is 6.15 Å². The Labute approximate surface area is 132 Å². The van der Waals surface area contributed by atoms with Crippen molar-refractivity contribution in [2.75, 3.05) is 0 Å². The Morgan fingerprint density at radius 1 is 0.588 bits per heavy atom. The van der Waals surface area contributed by atoms with Gasteiger partial charge in [-0.3, -0.25) is 0 Å². The second-order valence-corrected chi connectivity index (χ2v) is 1.10. The smallest absolute Gasteiger partial charge is 0.753 e. The van der Waals surface area contributed by atoms with Crippen LogP contribution in [0.4, 0.5) is 0 Å². The third kappa shape index (κ3) is 15700. The number of quaternary nitrogens is 1. The predicted molar refractivity (Wildman–Crippen MR) is 84.0 cm³/mol. The monoisotopic (exact) mass is 352 g/mol. The summed E-state index contributed by atoms with van der Waals surface area (Å²) in [5, 5.41) is 33.9. The molecule has 13 heteroatoms. The quantitative estimate of drug-likeness (QED) is 0.508. The van der Waals surface area contributed by atoms with Crippen molar-refractivity contribution >= 4 is 69.5 Å². The van der Waals surface area contributed by atoms with E-state index in [4.69, 9.17) is 21.6 Å². The van der Waals surface area contributed by atoms with Gasteiger partial charge in [0.2, 0.25) is 0 Å². The molecule has 0 bridgehead atoms. The van der Waals surface area contributed by atoms with Crippen molar-refractivity contribution in [3.8, 4) is 0 Å². The average Bonchev–Trinajstić information content (AvgIpc) is 1.92. The zero-order valence-electron chi connectivity index (χ0n) is 8.48. The van der Waals surface area contributed by atoms with Crippen molar-refractivity contribution in [1.29, 1.82) is 0 Å². The molecule has 0 aromatic heterocycles. The first kappa shape index (κ1) is 70.1. The van der Waals surface area contributed by atoms with E-state index in [2.05, 4.69) is 48.9 Å². The van der Waals surface area contributed by atoms with Crippen LogP contribution in [0.15, 0.2) is 0 Å². The molecule has 0 aliphatic rings. The average molecular weight is 352 g/mol. The van der Waals surface area contributed by atoms with Crippen molar-refractivity contribution in [1.82, 2.24) is 6.15 Å². The minimum atomic E-state index is 0. The van der Waals surface area contributed by atoms with Crippen molar-refractivity contribution in [3.05, 3.63) is 33.9 Å². The topological polar surface area (TPSA) is 224 Å². The molecule has 0 spiro atoms. The summed E-state index contributed by atoms with van der Waals surface area (Å²) in [6.07, 6.45) is 0. The van der Waals surface area contributed by atoms with Crippen molar-refractivity contribution in [2.45, 2.75) is 0 Å². The van der Waals surface area contributed by atoms with Gasteiger partial charge in [0.15, 0.2) is 0 Å². The molecule has 0 saturated heterocycles. The van der Waals surface area contributed by atoms with E-state index >= 15 is 0 Å². The predicted octanol–water partition coefficient (Wildman–Crippen LogP) is 3.62. The second-order valence-electron chi connectivity index (χ2n) is 0.365. The number of nitrogens with zero attached hydrogens (tertiary/aromatic N) is 4. The molecule has 0 rings (SSSR count). The number of hydrogen-bond acceptors (Lipinski definition) is 4. The molecule has 1 radical (unpaired) electrons. The minimum Gasteiger partial charge on any atom is -0.753 e. The normalized spacial score (nSPS) is 1.88. The van der Waals surface area contributed by atoms with E-state index in [0.717, 1.165) is 0 Å². The van der Waals surface area contributed by atoms with E-state index in [1.165, 1.54) is 20.6 Å². The summed E-state index contributed by atoms with van der Waals surface area (Å²) in [5.74, 6) is 0. The largest absolute Gasteiger partial charge is 5.00 e. The summed E-state index contributed by atoms with van der Waals surface area (Å²) in [7, 11) is 0. The van der Waals surface area contributed by atoms with Gasteiger partial charge in [-0.25, -0.2) is 0 Å². The molecule has 0 aliphatic heterocycles. The summed E-state index contributed by atoms with van der Waals surface area (Å²) >= 11 is 14.8. The molecule has 0 atom stereocenters. The zero-order chi connectivity index (χ0) is 10.8. The summed E-state index contributed by atoms with van der Waals surface area (Å²) in [6.45, 7) is 0. The fourth-order valence-corrected chi connectivity index (χ4v) is 0. The molecule has 97 valence electrons. The summed E-state index contributed by atoms with van der Waals surface area (Å²) < 4.78 is 0. The maximum absolute atomic E-state index is 7.13. The fraction of sp³-hybridized carbons (Fsp3) is 0. The first-order valence-corrected chi connectivity index (χ1v) is 3.34. The van der Waals surface area contributed by atoms with Crippen LogP contribution in [0.2, 0.25) is 0 Å². The van der Waals surface area contributed by atoms with E-state index in [1.807, 2.05) is 0 Å². The molecule has 10 N–H and O–H groups in total. The van der Waals surface area contributed by atoms with Crippen LogP contribution in [0.25, 0.3) is 33.9 Å². The molecule has 0 aromatic rings. The number of hydrogen-bond donors (Lipinski definition) is 1. The third-order valence-electron chi connectivity index (χ3n) is 0. The minimum absolute atomic E-state index is 0. The van der Waals surface area contributed by atoms with Crippen LogP contribution in [0, 0.1) is 0 Å².